The molecule has 2 aromatic rings. The Bertz CT molecular complexity index is 674. The molecule has 130 valence electrons. The molecule has 10 heteroatoms. The third-order valence-corrected chi connectivity index (χ3v) is 3.97. The molecule has 0 bridgehead atoms. The molecular formula is C14H19ClN6O3. The van der Waals surface area contributed by atoms with Crippen LogP contribution in [0.3, 0.4) is 0 Å². The largest absolute Gasteiger partial charge is 0.467 e. The van der Waals surface area contributed by atoms with Gasteiger partial charge >= 0.3 is 6.01 Å². The molecule has 0 N–H and O–H groups in total. The summed E-state index contributed by atoms with van der Waals surface area (Å²) >= 11 is 6.20. The number of anilines is 1. The third-order valence-electron chi connectivity index (χ3n) is 3.70. The summed E-state index contributed by atoms with van der Waals surface area (Å²) in [4.78, 5) is 17.0. The van der Waals surface area contributed by atoms with Crippen molar-refractivity contribution in [1.29, 1.82) is 0 Å². The summed E-state index contributed by atoms with van der Waals surface area (Å²) in [5.74, 6) is 1.85. The van der Waals surface area contributed by atoms with E-state index in [9.17, 15) is 0 Å². The number of halogens is 1. The predicted octanol–water partition coefficient (Wildman–Crippen LogP) is 0.990. The minimum atomic E-state index is 0.313. The summed E-state index contributed by atoms with van der Waals surface area (Å²) in [6, 6.07) is 0.313. The number of hydrogen-bond donors (Lipinski definition) is 0. The zero-order valence-electron chi connectivity index (χ0n) is 13.6. The highest BCUT2D eigenvalue weighted by Gasteiger charge is 2.22. The number of rotatable bonds is 6. The number of nitrogens with zero attached hydrogens (tertiary/aromatic N) is 6. The molecule has 0 aromatic carbocycles. The van der Waals surface area contributed by atoms with E-state index in [1.807, 2.05) is 0 Å². The van der Waals surface area contributed by atoms with Crippen molar-refractivity contribution >= 4 is 17.4 Å². The molecule has 3 rings (SSSR count). The molecule has 1 aliphatic rings. The SMILES string of the molecule is COCc1noc(CN2CCN(c3nc(OC)ncc3Cl)CC2)n1. The average molecular weight is 355 g/mol. The number of aromatic nitrogens is 4. The lowest BCUT2D eigenvalue weighted by Gasteiger charge is -2.34. The van der Waals surface area contributed by atoms with Gasteiger partial charge in [-0.05, 0) is 0 Å². The van der Waals surface area contributed by atoms with E-state index >= 15 is 0 Å². The highest BCUT2D eigenvalue weighted by molar-refractivity contribution is 6.32. The number of ether oxygens (including phenoxy) is 2. The maximum absolute atomic E-state index is 6.20. The minimum Gasteiger partial charge on any atom is -0.467 e. The fraction of sp³-hybridized carbons (Fsp3) is 0.571. The molecule has 0 radical (unpaired) electrons. The molecule has 0 unspecified atom stereocenters. The standard InChI is InChI=1S/C14H19ClN6O3/c1-22-9-11-17-12(24-19-11)8-20-3-5-21(6-4-20)13-10(15)7-16-14(18-13)23-2/h7H,3-6,8-9H2,1-2H3. The fourth-order valence-electron chi connectivity index (χ4n) is 2.51. The van der Waals surface area contributed by atoms with Crippen molar-refractivity contribution in [2.45, 2.75) is 13.2 Å². The van der Waals surface area contributed by atoms with Crippen LogP contribution in [0.5, 0.6) is 6.01 Å². The molecule has 0 aliphatic carbocycles. The van der Waals surface area contributed by atoms with E-state index in [1.165, 1.54) is 7.11 Å². The van der Waals surface area contributed by atoms with Crippen LogP contribution in [0.1, 0.15) is 11.7 Å². The average Bonchev–Trinajstić information content (AvgIpc) is 3.04. The van der Waals surface area contributed by atoms with Gasteiger partial charge in [0.1, 0.15) is 11.6 Å². The van der Waals surface area contributed by atoms with Gasteiger partial charge in [0.2, 0.25) is 5.89 Å². The van der Waals surface area contributed by atoms with Crippen LogP contribution in [0.15, 0.2) is 10.7 Å². The molecular weight excluding hydrogens is 336 g/mol. The third kappa shape index (κ3) is 3.92. The van der Waals surface area contributed by atoms with Gasteiger partial charge < -0.3 is 18.9 Å². The van der Waals surface area contributed by atoms with E-state index in [0.29, 0.717) is 41.7 Å². The fourth-order valence-corrected chi connectivity index (χ4v) is 2.72. The summed E-state index contributed by atoms with van der Waals surface area (Å²) in [7, 11) is 3.13. The molecule has 2 aromatic heterocycles. The molecule has 9 nitrogen and oxygen atoms in total. The first kappa shape index (κ1) is 16.9. The maximum atomic E-state index is 6.20. The summed E-state index contributed by atoms with van der Waals surface area (Å²) < 4.78 is 15.3. The van der Waals surface area contributed by atoms with E-state index < -0.39 is 0 Å². The molecule has 3 heterocycles. The topological polar surface area (TPSA) is 89.6 Å². The summed E-state index contributed by atoms with van der Waals surface area (Å²) in [5.41, 5.74) is 0. The van der Waals surface area contributed by atoms with Gasteiger partial charge in [0.05, 0.1) is 19.9 Å². The second kappa shape index (κ2) is 7.73. The Morgan fingerprint density at radius 2 is 2.00 bits per heavy atom. The van der Waals surface area contributed by atoms with Crippen LogP contribution in [-0.2, 0) is 17.9 Å². The van der Waals surface area contributed by atoms with Gasteiger partial charge in [0.25, 0.3) is 0 Å². The van der Waals surface area contributed by atoms with Crippen LogP contribution in [0.2, 0.25) is 5.02 Å². The maximum Gasteiger partial charge on any atom is 0.318 e. The van der Waals surface area contributed by atoms with E-state index in [-0.39, 0.29) is 0 Å². The quantitative estimate of drug-likeness (QED) is 0.753. The van der Waals surface area contributed by atoms with Crippen molar-refractivity contribution < 1.29 is 14.0 Å². The second-order valence-corrected chi connectivity index (χ2v) is 5.74. The van der Waals surface area contributed by atoms with E-state index in [0.717, 1.165) is 26.2 Å². The smallest absolute Gasteiger partial charge is 0.318 e. The van der Waals surface area contributed by atoms with E-state index in [4.69, 9.17) is 25.6 Å². The zero-order valence-corrected chi connectivity index (χ0v) is 14.4. The normalized spacial score (nSPS) is 15.7. The van der Waals surface area contributed by atoms with Crippen molar-refractivity contribution in [3.05, 3.63) is 22.9 Å². The Labute approximate surface area is 144 Å². The first-order chi connectivity index (χ1) is 11.7. The molecule has 24 heavy (non-hydrogen) atoms. The first-order valence-corrected chi connectivity index (χ1v) is 7.91. The van der Waals surface area contributed by atoms with Crippen molar-refractivity contribution in [3.8, 4) is 6.01 Å². The van der Waals surface area contributed by atoms with Crippen LogP contribution in [-0.4, -0.2) is 65.4 Å². The van der Waals surface area contributed by atoms with Gasteiger partial charge in [-0.3, -0.25) is 4.90 Å². The summed E-state index contributed by atoms with van der Waals surface area (Å²) in [6.45, 7) is 4.23. The van der Waals surface area contributed by atoms with Crippen molar-refractivity contribution in [2.24, 2.45) is 0 Å². The van der Waals surface area contributed by atoms with Crippen LogP contribution >= 0.6 is 11.6 Å². The molecule has 0 amide bonds. The van der Waals surface area contributed by atoms with E-state index in [1.54, 1.807) is 13.3 Å². The lowest BCUT2D eigenvalue weighted by molar-refractivity contribution is 0.174. The highest BCUT2D eigenvalue weighted by Crippen LogP contribution is 2.25. The Balaban J connectivity index is 1.57. The number of hydrogen-bond acceptors (Lipinski definition) is 9. The monoisotopic (exact) mass is 354 g/mol. The Hall–Kier alpha value is -1.97. The zero-order chi connectivity index (χ0) is 16.9. The Kier molecular flexibility index (Phi) is 5.44. The lowest BCUT2D eigenvalue weighted by Crippen LogP contribution is -2.46. The van der Waals surface area contributed by atoms with Gasteiger partial charge in [-0.15, -0.1) is 0 Å². The molecule has 0 saturated carbocycles. The predicted molar refractivity (Wildman–Crippen MR) is 86.1 cm³/mol. The summed E-state index contributed by atoms with van der Waals surface area (Å²) in [6.07, 6.45) is 1.56. The Morgan fingerprint density at radius 3 is 2.71 bits per heavy atom. The van der Waals surface area contributed by atoms with Crippen LogP contribution in [0, 0.1) is 0 Å². The molecule has 1 aliphatic heterocycles. The van der Waals surface area contributed by atoms with Crippen LogP contribution in [0.4, 0.5) is 5.82 Å². The summed E-state index contributed by atoms with van der Waals surface area (Å²) in [5, 5.41) is 4.39. The van der Waals surface area contributed by atoms with Gasteiger partial charge in [0, 0.05) is 33.3 Å². The molecule has 0 atom stereocenters. The lowest BCUT2D eigenvalue weighted by atomic mass is 10.3. The number of methoxy groups -OCH3 is 2. The van der Waals surface area contributed by atoms with E-state index in [2.05, 4.69) is 29.9 Å². The number of piperazine rings is 1. The molecule has 1 fully saturated rings. The molecule has 1 saturated heterocycles. The first-order valence-electron chi connectivity index (χ1n) is 7.54. The van der Waals surface area contributed by atoms with Gasteiger partial charge in [-0.1, -0.05) is 16.8 Å². The van der Waals surface area contributed by atoms with Gasteiger partial charge in [-0.25, -0.2) is 4.98 Å². The molecule has 0 spiro atoms. The minimum absolute atomic E-state index is 0.313. The van der Waals surface area contributed by atoms with Gasteiger partial charge in [0.15, 0.2) is 11.6 Å². The van der Waals surface area contributed by atoms with Crippen molar-refractivity contribution in [2.75, 3.05) is 45.3 Å². The Morgan fingerprint density at radius 1 is 1.21 bits per heavy atom. The van der Waals surface area contributed by atoms with Crippen LogP contribution < -0.4 is 9.64 Å². The van der Waals surface area contributed by atoms with Crippen molar-refractivity contribution in [1.82, 2.24) is 25.0 Å². The van der Waals surface area contributed by atoms with Crippen LogP contribution in [0.25, 0.3) is 0 Å². The second-order valence-electron chi connectivity index (χ2n) is 5.33. The van der Waals surface area contributed by atoms with Crippen molar-refractivity contribution in [3.63, 3.8) is 0 Å². The van der Waals surface area contributed by atoms with Gasteiger partial charge in [-0.2, -0.15) is 9.97 Å². The highest BCUT2D eigenvalue weighted by atomic mass is 35.5.